The summed E-state index contributed by atoms with van der Waals surface area (Å²) in [5.41, 5.74) is 6.78. The molecule has 0 saturated carbocycles. The van der Waals surface area contributed by atoms with Crippen molar-refractivity contribution < 1.29 is 9.18 Å². The molecule has 29 heavy (non-hydrogen) atoms. The van der Waals surface area contributed by atoms with Gasteiger partial charge in [0.05, 0.1) is 10.7 Å². The second-order valence-electron chi connectivity index (χ2n) is 7.70. The Morgan fingerprint density at radius 2 is 1.90 bits per heavy atom. The molecule has 0 fully saturated rings. The average Bonchev–Trinajstić information content (AvgIpc) is 2.62. The maximum atomic E-state index is 14.4. The van der Waals surface area contributed by atoms with E-state index in [-0.39, 0.29) is 17.1 Å². The molecular weight excluding hydrogens is 393 g/mol. The minimum absolute atomic E-state index is 0.209. The SMILES string of the molecule is Cc1ccc(-c2cc(=O)[nH]c(-c3cc(CC(C)(C)C(N)=O)ccc3Cl)n2)c(F)c1. The Morgan fingerprint density at radius 1 is 1.17 bits per heavy atom. The number of hydrogen-bond donors (Lipinski definition) is 2. The smallest absolute Gasteiger partial charge is 0.251 e. The number of carbonyl (C=O) groups excluding carboxylic acids is 1. The van der Waals surface area contributed by atoms with E-state index in [4.69, 9.17) is 17.3 Å². The van der Waals surface area contributed by atoms with Gasteiger partial charge in [0.2, 0.25) is 5.91 Å². The molecule has 0 aliphatic rings. The van der Waals surface area contributed by atoms with Gasteiger partial charge in [0, 0.05) is 22.6 Å². The van der Waals surface area contributed by atoms with Crippen LogP contribution < -0.4 is 11.3 Å². The van der Waals surface area contributed by atoms with E-state index in [0.29, 0.717) is 17.0 Å². The predicted octanol–water partition coefficient (Wildman–Crippen LogP) is 4.26. The van der Waals surface area contributed by atoms with Crippen LogP contribution in [-0.2, 0) is 11.2 Å². The van der Waals surface area contributed by atoms with Crippen LogP contribution in [0.15, 0.2) is 47.3 Å². The molecule has 3 aromatic rings. The van der Waals surface area contributed by atoms with Gasteiger partial charge in [0.15, 0.2) is 0 Å². The lowest BCUT2D eigenvalue weighted by Crippen LogP contribution is -2.33. The van der Waals surface area contributed by atoms with E-state index in [1.807, 2.05) is 0 Å². The van der Waals surface area contributed by atoms with Gasteiger partial charge in [-0.3, -0.25) is 9.59 Å². The summed E-state index contributed by atoms with van der Waals surface area (Å²) in [6.45, 7) is 5.29. The van der Waals surface area contributed by atoms with Gasteiger partial charge in [-0.2, -0.15) is 0 Å². The lowest BCUT2D eigenvalue weighted by Gasteiger charge is -2.20. The van der Waals surface area contributed by atoms with Crippen LogP contribution in [0.2, 0.25) is 5.02 Å². The van der Waals surface area contributed by atoms with Gasteiger partial charge in [-0.1, -0.05) is 37.6 Å². The van der Waals surface area contributed by atoms with Gasteiger partial charge >= 0.3 is 0 Å². The number of aryl methyl sites for hydroxylation is 1. The fourth-order valence-corrected chi connectivity index (χ4v) is 3.22. The van der Waals surface area contributed by atoms with Gasteiger partial charge in [-0.05, 0) is 48.7 Å². The van der Waals surface area contributed by atoms with Crippen LogP contribution in [0, 0.1) is 18.2 Å². The maximum Gasteiger partial charge on any atom is 0.251 e. The highest BCUT2D eigenvalue weighted by Gasteiger charge is 2.25. The minimum atomic E-state index is -0.751. The highest BCUT2D eigenvalue weighted by Crippen LogP contribution is 2.30. The quantitative estimate of drug-likeness (QED) is 0.655. The lowest BCUT2D eigenvalue weighted by atomic mass is 9.85. The Labute approximate surface area is 172 Å². The summed E-state index contributed by atoms with van der Waals surface area (Å²) in [4.78, 5) is 31.0. The molecule has 0 atom stereocenters. The van der Waals surface area contributed by atoms with Crippen molar-refractivity contribution in [2.75, 3.05) is 0 Å². The minimum Gasteiger partial charge on any atom is -0.369 e. The molecule has 0 aliphatic heterocycles. The van der Waals surface area contributed by atoms with Crippen LogP contribution in [0.3, 0.4) is 0 Å². The van der Waals surface area contributed by atoms with E-state index in [9.17, 15) is 14.0 Å². The summed E-state index contributed by atoms with van der Waals surface area (Å²) in [5, 5.41) is 0.371. The zero-order chi connectivity index (χ0) is 21.3. The predicted molar refractivity (Wildman–Crippen MR) is 112 cm³/mol. The number of amides is 1. The topological polar surface area (TPSA) is 88.8 Å². The third kappa shape index (κ3) is 4.54. The standard InChI is InChI=1S/C22H21ClFN3O2/c1-12-4-6-14(17(24)8-12)18-10-19(28)27-20(26-18)15-9-13(5-7-16(15)23)11-22(2,3)21(25)29/h4-10H,11H2,1-3H3,(H2,25,29)(H,26,27,28). The second kappa shape index (κ2) is 7.79. The third-order valence-corrected chi connectivity index (χ3v) is 5.07. The van der Waals surface area contributed by atoms with Gasteiger partial charge in [0.1, 0.15) is 11.6 Å². The molecule has 1 amide bonds. The van der Waals surface area contributed by atoms with Crippen molar-refractivity contribution in [3.8, 4) is 22.6 Å². The summed E-state index contributed by atoms with van der Waals surface area (Å²) in [6.07, 6.45) is 0.392. The Bertz CT molecular complexity index is 1160. The summed E-state index contributed by atoms with van der Waals surface area (Å²) < 4.78 is 14.4. The molecule has 1 aromatic heterocycles. The number of primary amides is 1. The Balaban J connectivity index is 2.09. The van der Waals surface area contributed by atoms with Crippen molar-refractivity contribution in [3.05, 3.63) is 74.8 Å². The van der Waals surface area contributed by atoms with E-state index in [2.05, 4.69) is 9.97 Å². The van der Waals surface area contributed by atoms with Crippen LogP contribution in [0.1, 0.15) is 25.0 Å². The van der Waals surface area contributed by atoms with Gasteiger partial charge in [-0.15, -0.1) is 0 Å². The third-order valence-electron chi connectivity index (χ3n) is 4.74. The van der Waals surface area contributed by atoms with Crippen molar-refractivity contribution in [1.82, 2.24) is 9.97 Å². The number of nitrogens with zero attached hydrogens (tertiary/aromatic N) is 1. The number of halogens is 2. The van der Waals surface area contributed by atoms with Crippen molar-refractivity contribution in [2.45, 2.75) is 27.2 Å². The molecule has 5 nitrogen and oxygen atoms in total. The van der Waals surface area contributed by atoms with E-state index < -0.39 is 22.7 Å². The molecule has 1 heterocycles. The first kappa shape index (κ1) is 20.7. The number of aromatic nitrogens is 2. The molecule has 3 N–H and O–H groups in total. The number of hydrogen-bond acceptors (Lipinski definition) is 3. The molecule has 2 aromatic carbocycles. The van der Waals surface area contributed by atoms with Crippen molar-refractivity contribution in [1.29, 1.82) is 0 Å². The number of nitrogens with one attached hydrogen (secondary N) is 1. The Hall–Kier alpha value is -2.99. The fourth-order valence-electron chi connectivity index (χ4n) is 3.01. The van der Waals surface area contributed by atoms with Crippen molar-refractivity contribution in [2.24, 2.45) is 11.1 Å². The highest BCUT2D eigenvalue weighted by molar-refractivity contribution is 6.33. The maximum absolute atomic E-state index is 14.4. The Kier molecular flexibility index (Phi) is 5.57. The van der Waals surface area contributed by atoms with Crippen LogP contribution in [-0.4, -0.2) is 15.9 Å². The van der Waals surface area contributed by atoms with E-state index >= 15 is 0 Å². The summed E-state index contributed by atoms with van der Waals surface area (Å²) in [5.74, 6) is -0.661. The van der Waals surface area contributed by atoms with Crippen LogP contribution in [0.4, 0.5) is 4.39 Å². The number of aromatic amines is 1. The first-order valence-electron chi connectivity index (χ1n) is 9.03. The first-order valence-corrected chi connectivity index (χ1v) is 9.41. The van der Waals surface area contributed by atoms with E-state index in [0.717, 1.165) is 11.1 Å². The molecule has 0 radical (unpaired) electrons. The highest BCUT2D eigenvalue weighted by atomic mass is 35.5. The van der Waals surface area contributed by atoms with E-state index in [1.165, 1.54) is 12.1 Å². The van der Waals surface area contributed by atoms with Crippen LogP contribution in [0.5, 0.6) is 0 Å². The number of nitrogens with two attached hydrogens (primary N) is 1. The van der Waals surface area contributed by atoms with Gasteiger partial charge in [0.25, 0.3) is 5.56 Å². The number of benzene rings is 2. The molecule has 150 valence electrons. The van der Waals surface area contributed by atoms with Crippen LogP contribution in [0.25, 0.3) is 22.6 Å². The fraction of sp³-hybridized carbons (Fsp3) is 0.227. The molecule has 0 unspecified atom stereocenters. The monoisotopic (exact) mass is 413 g/mol. The summed E-state index contributed by atoms with van der Waals surface area (Å²) in [7, 11) is 0. The van der Waals surface area contributed by atoms with E-state index in [1.54, 1.807) is 51.1 Å². The molecule has 0 saturated heterocycles. The number of rotatable bonds is 5. The zero-order valence-electron chi connectivity index (χ0n) is 16.3. The molecule has 0 aliphatic carbocycles. The summed E-state index contributed by atoms with van der Waals surface area (Å²) in [6, 6.07) is 11.2. The zero-order valence-corrected chi connectivity index (χ0v) is 17.1. The normalized spacial score (nSPS) is 11.5. The molecule has 0 bridgehead atoms. The van der Waals surface area contributed by atoms with Crippen molar-refractivity contribution >= 4 is 17.5 Å². The number of carbonyl (C=O) groups is 1. The molecular formula is C22H21ClFN3O2. The second-order valence-corrected chi connectivity index (χ2v) is 8.11. The summed E-state index contributed by atoms with van der Waals surface area (Å²) >= 11 is 6.34. The molecule has 3 rings (SSSR count). The van der Waals surface area contributed by atoms with Gasteiger partial charge in [-0.25, -0.2) is 9.37 Å². The Morgan fingerprint density at radius 3 is 2.55 bits per heavy atom. The molecule has 7 heteroatoms. The first-order chi connectivity index (χ1) is 13.6. The lowest BCUT2D eigenvalue weighted by molar-refractivity contribution is -0.125. The molecule has 0 spiro atoms. The van der Waals surface area contributed by atoms with Gasteiger partial charge < -0.3 is 10.7 Å². The van der Waals surface area contributed by atoms with Crippen LogP contribution >= 0.6 is 11.6 Å². The average molecular weight is 414 g/mol. The van der Waals surface area contributed by atoms with Crippen molar-refractivity contribution in [3.63, 3.8) is 0 Å². The largest absolute Gasteiger partial charge is 0.369 e. The number of H-pyrrole nitrogens is 1.